The first-order valence-electron chi connectivity index (χ1n) is 9.36. The molecule has 1 aromatic carbocycles. The molecule has 3 heterocycles. The van der Waals surface area contributed by atoms with E-state index in [1.165, 1.54) is 4.90 Å². The first-order chi connectivity index (χ1) is 14.2. The van der Waals surface area contributed by atoms with Gasteiger partial charge in [-0.25, -0.2) is 9.78 Å². The standard InChI is InChI=1S/C19H18F3N5O3/c20-19(21,22)12-9-23-18(26-16(12)27-7-1-2-14(27)17(29)30)24-11-4-5-13-10(8-11)3-6-15(28)25-13/h4-5,8-9,14H,1-3,6-7H2,(H,25,28)(H,29,30)(H,23,24,26)/t14-/m0/s1. The van der Waals surface area contributed by atoms with E-state index in [-0.39, 0.29) is 24.8 Å². The molecule has 2 aliphatic heterocycles. The third-order valence-electron chi connectivity index (χ3n) is 5.14. The maximum Gasteiger partial charge on any atom is 0.421 e. The molecule has 4 rings (SSSR count). The molecule has 0 saturated carbocycles. The molecule has 11 heteroatoms. The first-order valence-corrected chi connectivity index (χ1v) is 9.36. The number of carbonyl (C=O) groups excluding carboxylic acids is 1. The fourth-order valence-electron chi connectivity index (χ4n) is 3.72. The van der Waals surface area contributed by atoms with Crippen molar-refractivity contribution in [2.45, 2.75) is 37.9 Å². The van der Waals surface area contributed by atoms with Crippen LogP contribution in [0.15, 0.2) is 24.4 Å². The predicted octanol–water partition coefficient (Wildman–Crippen LogP) is 3.18. The summed E-state index contributed by atoms with van der Waals surface area (Å²) in [6, 6.07) is 4.05. The van der Waals surface area contributed by atoms with Crippen molar-refractivity contribution in [3.05, 3.63) is 35.5 Å². The number of benzene rings is 1. The Bertz CT molecular complexity index is 1010. The lowest BCUT2D eigenvalue weighted by Gasteiger charge is -2.26. The van der Waals surface area contributed by atoms with Crippen LogP contribution in [0.1, 0.15) is 30.4 Å². The number of halogens is 3. The Morgan fingerprint density at radius 1 is 1.30 bits per heavy atom. The van der Waals surface area contributed by atoms with E-state index in [2.05, 4.69) is 20.6 Å². The van der Waals surface area contributed by atoms with Crippen LogP contribution in [0.4, 0.5) is 36.3 Å². The molecule has 2 aromatic rings. The molecule has 1 saturated heterocycles. The van der Waals surface area contributed by atoms with Gasteiger partial charge in [0.2, 0.25) is 11.9 Å². The molecule has 30 heavy (non-hydrogen) atoms. The van der Waals surface area contributed by atoms with Gasteiger partial charge < -0.3 is 20.6 Å². The van der Waals surface area contributed by atoms with Crippen LogP contribution in [0, 0.1) is 0 Å². The van der Waals surface area contributed by atoms with Gasteiger partial charge in [-0.1, -0.05) is 0 Å². The van der Waals surface area contributed by atoms with Crippen LogP contribution >= 0.6 is 0 Å². The Kier molecular flexibility index (Phi) is 4.96. The molecule has 1 aromatic heterocycles. The zero-order chi connectivity index (χ0) is 21.5. The highest BCUT2D eigenvalue weighted by molar-refractivity contribution is 5.94. The van der Waals surface area contributed by atoms with Gasteiger partial charge in [0.15, 0.2) is 0 Å². The van der Waals surface area contributed by atoms with E-state index in [9.17, 15) is 27.9 Å². The lowest BCUT2D eigenvalue weighted by Crippen LogP contribution is -2.38. The molecule has 0 unspecified atom stereocenters. The monoisotopic (exact) mass is 421 g/mol. The van der Waals surface area contributed by atoms with E-state index in [4.69, 9.17) is 0 Å². The SMILES string of the molecule is O=C1CCc2cc(Nc3ncc(C(F)(F)F)c(N4CCC[C@H]4C(=O)O)n3)ccc2N1. The number of rotatable bonds is 4. The first kappa shape index (κ1) is 19.9. The van der Waals surface area contributed by atoms with Gasteiger partial charge >= 0.3 is 12.1 Å². The summed E-state index contributed by atoms with van der Waals surface area (Å²) in [4.78, 5) is 31.9. The Morgan fingerprint density at radius 2 is 2.10 bits per heavy atom. The van der Waals surface area contributed by atoms with Crippen LogP contribution in [0.5, 0.6) is 0 Å². The smallest absolute Gasteiger partial charge is 0.421 e. The third-order valence-corrected chi connectivity index (χ3v) is 5.14. The van der Waals surface area contributed by atoms with Gasteiger partial charge in [-0.2, -0.15) is 18.2 Å². The van der Waals surface area contributed by atoms with Crippen LogP contribution in [-0.2, 0) is 22.2 Å². The number of anilines is 4. The summed E-state index contributed by atoms with van der Waals surface area (Å²) in [5.74, 6) is -1.79. The molecule has 0 bridgehead atoms. The van der Waals surface area contributed by atoms with E-state index in [0.29, 0.717) is 36.8 Å². The highest BCUT2D eigenvalue weighted by Gasteiger charge is 2.41. The molecule has 3 N–H and O–H groups in total. The molecular weight excluding hydrogens is 403 g/mol. The van der Waals surface area contributed by atoms with Gasteiger partial charge in [-0.15, -0.1) is 0 Å². The largest absolute Gasteiger partial charge is 0.480 e. The van der Waals surface area contributed by atoms with E-state index < -0.39 is 29.6 Å². The number of aryl methyl sites for hydroxylation is 1. The molecule has 0 aliphatic carbocycles. The lowest BCUT2D eigenvalue weighted by molar-refractivity contribution is -0.140. The maximum absolute atomic E-state index is 13.5. The Morgan fingerprint density at radius 3 is 2.83 bits per heavy atom. The number of carboxylic acids is 1. The van der Waals surface area contributed by atoms with Gasteiger partial charge in [0.1, 0.15) is 17.4 Å². The van der Waals surface area contributed by atoms with E-state index in [1.54, 1.807) is 18.2 Å². The third kappa shape index (κ3) is 3.87. The van der Waals surface area contributed by atoms with Crippen LogP contribution in [-0.4, -0.2) is 39.5 Å². The van der Waals surface area contributed by atoms with Crippen molar-refractivity contribution in [3.8, 4) is 0 Å². The number of carbonyl (C=O) groups is 2. The van der Waals surface area contributed by atoms with Crippen molar-refractivity contribution in [2.75, 3.05) is 22.1 Å². The number of alkyl halides is 3. The Labute approximate surface area is 169 Å². The number of nitrogens with one attached hydrogen (secondary N) is 2. The number of amides is 1. The zero-order valence-electron chi connectivity index (χ0n) is 15.7. The fourth-order valence-corrected chi connectivity index (χ4v) is 3.72. The summed E-state index contributed by atoms with van der Waals surface area (Å²) in [7, 11) is 0. The predicted molar refractivity (Wildman–Crippen MR) is 102 cm³/mol. The van der Waals surface area contributed by atoms with Gasteiger partial charge in [0, 0.05) is 30.5 Å². The highest BCUT2D eigenvalue weighted by Crippen LogP contribution is 2.38. The maximum atomic E-state index is 13.5. The van der Waals surface area contributed by atoms with Crippen LogP contribution in [0.25, 0.3) is 0 Å². The van der Waals surface area contributed by atoms with Crippen molar-refractivity contribution in [1.82, 2.24) is 9.97 Å². The van der Waals surface area contributed by atoms with Gasteiger partial charge in [0.25, 0.3) is 0 Å². The van der Waals surface area contributed by atoms with Crippen molar-refractivity contribution >= 4 is 35.0 Å². The van der Waals surface area contributed by atoms with Gasteiger partial charge in [-0.3, -0.25) is 4.79 Å². The van der Waals surface area contributed by atoms with Crippen LogP contribution in [0.3, 0.4) is 0 Å². The minimum absolute atomic E-state index is 0.0717. The average Bonchev–Trinajstić information content (AvgIpc) is 3.17. The number of nitrogens with zero attached hydrogens (tertiary/aromatic N) is 3. The van der Waals surface area contributed by atoms with E-state index >= 15 is 0 Å². The van der Waals surface area contributed by atoms with Gasteiger partial charge in [-0.05, 0) is 43.0 Å². The molecule has 158 valence electrons. The second kappa shape index (κ2) is 7.47. The number of fused-ring (bicyclic) bond motifs is 1. The number of aromatic nitrogens is 2. The number of carboxylic acid groups (broad SMARTS) is 1. The normalized spacial score (nSPS) is 18.7. The average molecular weight is 421 g/mol. The Balaban J connectivity index is 1.67. The topological polar surface area (TPSA) is 107 Å². The van der Waals surface area contributed by atoms with Crippen molar-refractivity contribution in [3.63, 3.8) is 0 Å². The molecular formula is C19H18F3N5O3. The van der Waals surface area contributed by atoms with Crippen molar-refractivity contribution < 1.29 is 27.9 Å². The quantitative estimate of drug-likeness (QED) is 0.696. The highest BCUT2D eigenvalue weighted by atomic mass is 19.4. The molecule has 1 atom stereocenters. The minimum atomic E-state index is -4.72. The minimum Gasteiger partial charge on any atom is -0.480 e. The van der Waals surface area contributed by atoms with E-state index in [0.717, 1.165) is 5.56 Å². The lowest BCUT2D eigenvalue weighted by atomic mass is 10.0. The van der Waals surface area contributed by atoms with E-state index in [1.807, 2.05) is 0 Å². The summed E-state index contributed by atoms with van der Waals surface area (Å²) >= 11 is 0. The zero-order valence-corrected chi connectivity index (χ0v) is 15.7. The van der Waals surface area contributed by atoms with Crippen molar-refractivity contribution in [1.29, 1.82) is 0 Å². The second-order valence-electron chi connectivity index (χ2n) is 7.16. The number of hydrogen-bond acceptors (Lipinski definition) is 6. The Hall–Kier alpha value is -3.37. The number of hydrogen-bond donors (Lipinski definition) is 3. The molecule has 8 nitrogen and oxygen atoms in total. The summed E-state index contributed by atoms with van der Waals surface area (Å²) in [5.41, 5.74) is 1.05. The molecule has 2 aliphatic rings. The summed E-state index contributed by atoms with van der Waals surface area (Å²) < 4.78 is 40.5. The summed E-state index contributed by atoms with van der Waals surface area (Å²) in [5, 5.41) is 15.0. The van der Waals surface area contributed by atoms with Crippen LogP contribution in [0.2, 0.25) is 0 Å². The molecule has 1 fully saturated rings. The van der Waals surface area contributed by atoms with Crippen molar-refractivity contribution in [2.24, 2.45) is 0 Å². The second-order valence-corrected chi connectivity index (χ2v) is 7.16. The number of aliphatic carboxylic acids is 1. The summed E-state index contributed by atoms with van der Waals surface area (Å²) in [6.45, 7) is 0.162. The van der Waals surface area contributed by atoms with Gasteiger partial charge in [0.05, 0.1) is 0 Å². The molecule has 0 spiro atoms. The summed E-state index contributed by atoms with van der Waals surface area (Å²) in [6.07, 6.45) is -2.45. The molecule has 1 amide bonds. The fraction of sp³-hybridized carbons (Fsp3) is 0.368. The molecule has 0 radical (unpaired) electrons. The van der Waals surface area contributed by atoms with Crippen LogP contribution < -0.4 is 15.5 Å².